The molecule has 0 bridgehead atoms. The van der Waals surface area contributed by atoms with E-state index in [1.165, 1.54) is 3.57 Å². The van der Waals surface area contributed by atoms with Crippen LogP contribution in [0, 0.1) is 3.57 Å². The number of hydrogen-bond donors (Lipinski definition) is 0. The summed E-state index contributed by atoms with van der Waals surface area (Å²) in [5, 5.41) is 0.740. The molecule has 0 amide bonds. The second kappa shape index (κ2) is 5.55. The van der Waals surface area contributed by atoms with Gasteiger partial charge in [-0.1, -0.05) is 29.8 Å². The number of rotatable bonds is 3. The molecular weight excluding hydrogens is 334 g/mol. The van der Waals surface area contributed by atoms with Crippen molar-refractivity contribution in [1.82, 2.24) is 0 Å². The first-order chi connectivity index (χ1) is 7.74. The molecule has 0 saturated heterocycles. The number of halogens is 2. The minimum absolute atomic E-state index is 0.542. The van der Waals surface area contributed by atoms with E-state index in [1.807, 2.05) is 48.5 Å². The number of hydrogen-bond acceptors (Lipinski definition) is 1. The van der Waals surface area contributed by atoms with E-state index in [-0.39, 0.29) is 0 Å². The Balaban J connectivity index is 2.02. The molecule has 0 unspecified atom stereocenters. The lowest BCUT2D eigenvalue weighted by Crippen LogP contribution is -1.95. The molecule has 1 nitrogen and oxygen atoms in total. The van der Waals surface area contributed by atoms with Crippen LogP contribution in [0.3, 0.4) is 0 Å². The fourth-order valence-corrected chi connectivity index (χ4v) is 2.08. The highest BCUT2D eigenvalue weighted by Gasteiger charge is 1.97. The van der Waals surface area contributed by atoms with Crippen LogP contribution >= 0.6 is 34.2 Å². The van der Waals surface area contributed by atoms with Gasteiger partial charge in [0.1, 0.15) is 12.4 Å². The average Bonchev–Trinajstić information content (AvgIpc) is 2.27. The van der Waals surface area contributed by atoms with E-state index in [0.29, 0.717) is 6.61 Å². The van der Waals surface area contributed by atoms with Crippen molar-refractivity contribution in [1.29, 1.82) is 0 Å². The van der Waals surface area contributed by atoms with Crippen LogP contribution in [0.4, 0.5) is 0 Å². The highest BCUT2D eigenvalue weighted by Crippen LogP contribution is 2.17. The van der Waals surface area contributed by atoms with Gasteiger partial charge in [-0.25, -0.2) is 0 Å². The van der Waals surface area contributed by atoms with Crippen molar-refractivity contribution in [3.8, 4) is 5.75 Å². The van der Waals surface area contributed by atoms with Gasteiger partial charge >= 0.3 is 0 Å². The van der Waals surface area contributed by atoms with Crippen LogP contribution in [0.5, 0.6) is 5.75 Å². The van der Waals surface area contributed by atoms with Gasteiger partial charge in [0, 0.05) is 8.59 Å². The lowest BCUT2D eigenvalue weighted by molar-refractivity contribution is 0.306. The van der Waals surface area contributed by atoms with E-state index in [4.69, 9.17) is 16.3 Å². The van der Waals surface area contributed by atoms with Crippen LogP contribution in [0.15, 0.2) is 48.5 Å². The molecule has 0 saturated carbocycles. The van der Waals surface area contributed by atoms with E-state index >= 15 is 0 Å². The van der Waals surface area contributed by atoms with Gasteiger partial charge in [0.2, 0.25) is 0 Å². The fraction of sp³-hybridized carbons (Fsp3) is 0.0769. The van der Waals surface area contributed by atoms with Crippen LogP contribution in [-0.2, 0) is 6.61 Å². The molecule has 16 heavy (non-hydrogen) atoms. The zero-order valence-corrected chi connectivity index (χ0v) is 11.4. The van der Waals surface area contributed by atoms with E-state index in [0.717, 1.165) is 16.3 Å². The van der Waals surface area contributed by atoms with Gasteiger partial charge in [-0.15, -0.1) is 0 Å². The van der Waals surface area contributed by atoms with E-state index < -0.39 is 0 Å². The molecule has 0 N–H and O–H groups in total. The Bertz CT molecular complexity index is 439. The summed E-state index contributed by atoms with van der Waals surface area (Å²) in [6, 6.07) is 15.7. The fourth-order valence-electron chi connectivity index (χ4n) is 1.35. The second-order valence-electron chi connectivity index (χ2n) is 3.38. The zero-order valence-electron chi connectivity index (χ0n) is 8.49. The summed E-state index contributed by atoms with van der Waals surface area (Å²) in [6.45, 7) is 0.542. The molecular formula is C13H10ClIO. The Kier molecular flexibility index (Phi) is 4.07. The molecule has 2 aromatic rings. The first kappa shape index (κ1) is 11.7. The maximum Gasteiger partial charge on any atom is 0.120 e. The van der Waals surface area contributed by atoms with Crippen LogP contribution in [0.25, 0.3) is 0 Å². The van der Waals surface area contributed by atoms with E-state index in [1.54, 1.807) is 0 Å². The van der Waals surface area contributed by atoms with Crippen molar-refractivity contribution in [2.45, 2.75) is 6.61 Å². The molecule has 0 aromatic heterocycles. The Labute approximate surface area is 114 Å². The van der Waals surface area contributed by atoms with Crippen molar-refractivity contribution in [2.24, 2.45) is 0 Å². The molecule has 0 aliphatic heterocycles. The van der Waals surface area contributed by atoms with Crippen LogP contribution < -0.4 is 4.74 Å². The summed E-state index contributed by atoms with van der Waals surface area (Å²) in [4.78, 5) is 0. The minimum atomic E-state index is 0.542. The first-order valence-electron chi connectivity index (χ1n) is 4.87. The third-order valence-electron chi connectivity index (χ3n) is 2.09. The Hall–Kier alpha value is -0.740. The standard InChI is InChI=1S/C13H10ClIO/c14-11-4-1-3-10(7-11)9-16-13-6-2-5-12(15)8-13/h1-8H,9H2. The average molecular weight is 345 g/mol. The molecule has 0 atom stereocenters. The molecule has 0 aliphatic carbocycles. The Morgan fingerprint density at radius 2 is 1.88 bits per heavy atom. The second-order valence-corrected chi connectivity index (χ2v) is 5.06. The minimum Gasteiger partial charge on any atom is -0.489 e. The molecule has 0 radical (unpaired) electrons. The predicted octanol–water partition coefficient (Wildman–Crippen LogP) is 4.52. The lowest BCUT2D eigenvalue weighted by atomic mass is 10.2. The molecule has 0 heterocycles. The zero-order chi connectivity index (χ0) is 11.4. The van der Waals surface area contributed by atoms with Gasteiger partial charge in [-0.05, 0) is 58.5 Å². The molecule has 0 spiro atoms. The van der Waals surface area contributed by atoms with Crippen LogP contribution in [-0.4, -0.2) is 0 Å². The summed E-state index contributed by atoms with van der Waals surface area (Å²) in [5.74, 6) is 0.881. The summed E-state index contributed by atoms with van der Waals surface area (Å²) in [6.07, 6.45) is 0. The van der Waals surface area contributed by atoms with Crippen molar-refractivity contribution < 1.29 is 4.74 Å². The molecule has 3 heteroatoms. The van der Waals surface area contributed by atoms with Crippen LogP contribution in [0.2, 0.25) is 5.02 Å². The van der Waals surface area contributed by atoms with E-state index in [2.05, 4.69) is 22.6 Å². The third kappa shape index (κ3) is 3.39. The van der Waals surface area contributed by atoms with Crippen molar-refractivity contribution in [3.05, 3.63) is 62.7 Å². The van der Waals surface area contributed by atoms with Crippen molar-refractivity contribution in [2.75, 3.05) is 0 Å². The predicted molar refractivity (Wildman–Crippen MR) is 74.9 cm³/mol. The molecule has 82 valence electrons. The maximum atomic E-state index is 5.90. The van der Waals surface area contributed by atoms with Gasteiger partial charge in [-0.2, -0.15) is 0 Å². The summed E-state index contributed by atoms with van der Waals surface area (Å²) >= 11 is 8.16. The summed E-state index contributed by atoms with van der Waals surface area (Å²) < 4.78 is 6.83. The topological polar surface area (TPSA) is 9.23 Å². The van der Waals surface area contributed by atoms with Crippen LogP contribution in [0.1, 0.15) is 5.56 Å². The molecule has 2 rings (SSSR count). The summed E-state index contributed by atoms with van der Waals surface area (Å²) in [7, 11) is 0. The maximum absolute atomic E-state index is 5.90. The number of benzene rings is 2. The third-order valence-corrected chi connectivity index (χ3v) is 3.00. The highest BCUT2D eigenvalue weighted by atomic mass is 127. The lowest BCUT2D eigenvalue weighted by Gasteiger charge is -2.06. The summed E-state index contributed by atoms with van der Waals surface area (Å²) in [5.41, 5.74) is 1.08. The first-order valence-corrected chi connectivity index (χ1v) is 6.32. The highest BCUT2D eigenvalue weighted by molar-refractivity contribution is 14.1. The number of ether oxygens (including phenoxy) is 1. The normalized spacial score (nSPS) is 10.1. The van der Waals surface area contributed by atoms with Gasteiger partial charge in [0.25, 0.3) is 0 Å². The Morgan fingerprint density at radius 3 is 2.62 bits per heavy atom. The Morgan fingerprint density at radius 1 is 1.06 bits per heavy atom. The monoisotopic (exact) mass is 344 g/mol. The quantitative estimate of drug-likeness (QED) is 0.744. The van der Waals surface area contributed by atoms with Crippen molar-refractivity contribution in [3.63, 3.8) is 0 Å². The van der Waals surface area contributed by atoms with Gasteiger partial charge in [0.05, 0.1) is 0 Å². The molecule has 0 fully saturated rings. The molecule has 0 aliphatic rings. The van der Waals surface area contributed by atoms with Gasteiger partial charge < -0.3 is 4.74 Å². The van der Waals surface area contributed by atoms with E-state index in [9.17, 15) is 0 Å². The SMILES string of the molecule is Clc1cccc(COc2cccc(I)c2)c1. The largest absolute Gasteiger partial charge is 0.489 e. The van der Waals surface area contributed by atoms with Gasteiger partial charge in [-0.3, -0.25) is 0 Å². The smallest absolute Gasteiger partial charge is 0.120 e. The van der Waals surface area contributed by atoms with Gasteiger partial charge in [0.15, 0.2) is 0 Å². The van der Waals surface area contributed by atoms with Crippen molar-refractivity contribution >= 4 is 34.2 Å². The molecule has 2 aromatic carbocycles.